The number of hydrogen-bond donors (Lipinski definition) is 3. The minimum absolute atomic E-state index is 0.166. The normalized spacial score (nSPS) is 13.8. The van der Waals surface area contributed by atoms with Crippen LogP contribution in [0.15, 0.2) is 30.3 Å². The summed E-state index contributed by atoms with van der Waals surface area (Å²) in [7, 11) is 0. The maximum Gasteiger partial charge on any atom is 0.325 e. The van der Waals surface area contributed by atoms with Crippen molar-refractivity contribution in [3.63, 3.8) is 0 Å². The molecular formula is C12H15NO4. The number of aliphatic carboxylic acids is 1. The number of amides is 1. The molecule has 2 unspecified atom stereocenters. The van der Waals surface area contributed by atoms with Crippen LogP contribution in [-0.2, 0) is 16.0 Å². The van der Waals surface area contributed by atoms with Gasteiger partial charge in [-0.2, -0.15) is 0 Å². The standard InChI is InChI=1S/C12H15NO4/c1-8(12(16)17)13-11(15)10(14)7-9-5-3-2-4-6-9/h2-6,8,10,14H,7H2,1H3,(H,13,15)(H,16,17). The number of benzene rings is 1. The Kier molecular flexibility index (Phi) is 4.66. The van der Waals surface area contributed by atoms with Crippen LogP contribution in [0.3, 0.4) is 0 Å². The SMILES string of the molecule is CC(NC(=O)C(O)Cc1ccccc1)C(=O)O. The Labute approximate surface area is 99.1 Å². The number of carbonyl (C=O) groups is 2. The maximum atomic E-state index is 11.4. The first kappa shape index (κ1) is 13.2. The molecule has 0 aromatic heterocycles. The van der Waals surface area contributed by atoms with Gasteiger partial charge < -0.3 is 15.5 Å². The lowest BCUT2D eigenvalue weighted by Gasteiger charge is -2.13. The lowest BCUT2D eigenvalue weighted by molar-refractivity contribution is -0.142. The number of carbonyl (C=O) groups excluding carboxylic acids is 1. The van der Waals surface area contributed by atoms with Crippen LogP contribution in [0.2, 0.25) is 0 Å². The second kappa shape index (κ2) is 6.00. The number of carboxylic acids is 1. The Morgan fingerprint density at radius 2 is 1.88 bits per heavy atom. The molecule has 0 aliphatic carbocycles. The zero-order chi connectivity index (χ0) is 12.8. The van der Waals surface area contributed by atoms with Gasteiger partial charge in [-0.1, -0.05) is 30.3 Å². The second-order valence-corrected chi connectivity index (χ2v) is 3.77. The highest BCUT2D eigenvalue weighted by Crippen LogP contribution is 2.03. The van der Waals surface area contributed by atoms with E-state index < -0.39 is 24.0 Å². The van der Waals surface area contributed by atoms with Crippen LogP contribution in [0.1, 0.15) is 12.5 Å². The monoisotopic (exact) mass is 237 g/mol. The highest BCUT2D eigenvalue weighted by atomic mass is 16.4. The first-order valence-electron chi connectivity index (χ1n) is 5.26. The number of aliphatic hydroxyl groups excluding tert-OH is 1. The summed E-state index contributed by atoms with van der Waals surface area (Å²) >= 11 is 0. The van der Waals surface area contributed by atoms with Gasteiger partial charge in [0.2, 0.25) is 5.91 Å². The summed E-state index contributed by atoms with van der Waals surface area (Å²) in [4.78, 5) is 22.0. The first-order chi connectivity index (χ1) is 8.00. The number of carboxylic acid groups (broad SMARTS) is 1. The van der Waals surface area contributed by atoms with Crippen molar-refractivity contribution < 1.29 is 19.8 Å². The van der Waals surface area contributed by atoms with E-state index in [1.807, 2.05) is 6.07 Å². The first-order valence-corrected chi connectivity index (χ1v) is 5.26. The summed E-state index contributed by atoms with van der Waals surface area (Å²) in [5.74, 6) is -1.81. The minimum Gasteiger partial charge on any atom is -0.480 e. The predicted octanol–water partition coefficient (Wildman–Crippen LogP) is 0.179. The third kappa shape index (κ3) is 4.24. The van der Waals surface area contributed by atoms with Crippen molar-refractivity contribution in [3.05, 3.63) is 35.9 Å². The van der Waals surface area contributed by atoms with Gasteiger partial charge in [-0.05, 0) is 12.5 Å². The van der Waals surface area contributed by atoms with Crippen molar-refractivity contribution in [1.82, 2.24) is 5.32 Å². The molecule has 3 N–H and O–H groups in total. The summed E-state index contributed by atoms with van der Waals surface area (Å²) < 4.78 is 0. The van der Waals surface area contributed by atoms with E-state index in [-0.39, 0.29) is 6.42 Å². The van der Waals surface area contributed by atoms with Crippen LogP contribution in [0.25, 0.3) is 0 Å². The Balaban J connectivity index is 2.50. The largest absolute Gasteiger partial charge is 0.480 e. The summed E-state index contributed by atoms with van der Waals surface area (Å²) in [6.45, 7) is 1.34. The quantitative estimate of drug-likeness (QED) is 0.681. The zero-order valence-electron chi connectivity index (χ0n) is 9.46. The van der Waals surface area contributed by atoms with Crippen LogP contribution >= 0.6 is 0 Å². The van der Waals surface area contributed by atoms with Crippen molar-refractivity contribution in [2.45, 2.75) is 25.5 Å². The minimum atomic E-state index is -1.24. The van der Waals surface area contributed by atoms with Gasteiger partial charge in [0.1, 0.15) is 12.1 Å². The molecule has 0 aliphatic rings. The highest BCUT2D eigenvalue weighted by molar-refractivity contribution is 5.86. The van der Waals surface area contributed by atoms with Gasteiger partial charge in [0, 0.05) is 6.42 Å². The number of rotatable bonds is 5. The molecule has 0 saturated carbocycles. The van der Waals surface area contributed by atoms with Crippen molar-refractivity contribution in [2.75, 3.05) is 0 Å². The average Bonchev–Trinajstić information content (AvgIpc) is 2.29. The maximum absolute atomic E-state index is 11.4. The molecule has 1 aromatic carbocycles. The van der Waals surface area contributed by atoms with Gasteiger partial charge in [0.15, 0.2) is 0 Å². The molecular weight excluding hydrogens is 222 g/mol. The third-order valence-electron chi connectivity index (χ3n) is 2.30. The van der Waals surface area contributed by atoms with Crippen molar-refractivity contribution in [1.29, 1.82) is 0 Å². The average molecular weight is 237 g/mol. The van der Waals surface area contributed by atoms with Gasteiger partial charge in [0.05, 0.1) is 0 Å². The smallest absolute Gasteiger partial charge is 0.325 e. The van der Waals surface area contributed by atoms with Gasteiger partial charge in [0.25, 0.3) is 0 Å². The van der Waals surface area contributed by atoms with E-state index in [0.29, 0.717) is 0 Å². The molecule has 0 radical (unpaired) electrons. The summed E-state index contributed by atoms with van der Waals surface area (Å²) in [6.07, 6.45) is -1.07. The van der Waals surface area contributed by atoms with Gasteiger partial charge in [-0.25, -0.2) is 0 Å². The molecule has 1 amide bonds. The molecule has 2 atom stereocenters. The number of nitrogens with one attached hydrogen (secondary N) is 1. The third-order valence-corrected chi connectivity index (χ3v) is 2.30. The fourth-order valence-corrected chi connectivity index (χ4v) is 1.30. The molecule has 0 heterocycles. The van der Waals surface area contributed by atoms with Crippen LogP contribution in [-0.4, -0.2) is 34.2 Å². The topological polar surface area (TPSA) is 86.6 Å². The van der Waals surface area contributed by atoms with E-state index in [0.717, 1.165) is 5.56 Å². The molecule has 0 bridgehead atoms. The summed E-state index contributed by atoms with van der Waals surface area (Å²) in [5, 5.41) is 20.4. The molecule has 5 heteroatoms. The molecule has 92 valence electrons. The lowest BCUT2D eigenvalue weighted by Crippen LogP contribution is -2.44. The molecule has 1 aromatic rings. The predicted molar refractivity (Wildman–Crippen MR) is 61.4 cm³/mol. The van der Waals surface area contributed by atoms with E-state index in [1.54, 1.807) is 24.3 Å². The Hall–Kier alpha value is -1.88. The molecule has 17 heavy (non-hydrogen) atoms. The molecule has 0 fully saturated rings. The highest BCUT2D eigenvalue weighted by Gasteiger charge is 2.20. The number of hydrogen-bond acceptors (Lipinski definition) is 3. The summed E-state index contributed by atoms with van der Waals surface area (Å²) in [6, 6.07) is 8.02. The zero-order valence-corrected chi connectivity index (χ0v) is 9.46. The molecule has 1 rings (SSSR count). The fourth-order valence-electron chi connectivity index (χ4n) is 1.30. The van der Waals surface area contributed by atoms with Crippen LogP contribution in [0, 0.1) is 0 Å². The van der Waals surface area contributed by atoms with E-state index >= 15 is 0 Å². The van der Waals surface area contributed by atoms with Crippen molar-refractivity contribution >= 4 is 11.9 Å². The lowest BCUT2D eigenvalue weighted by atomic mass is 10.1. The van der Waals surface area contributed by atoms with Crippen molar-refractivity contribution in [3.8, 4) is 0 Å². The van der Waals surface area contributed by atoms with Crippen molar-refractivity contribution in [2.24, 2.45) is 0 Å². The van der Waals surface area contributed by atoms with Crippen LogP contribution in [0.4, 0.5) is 0 Å². The van der Waals surface area contributed by atoms with Gasteiger partial charge in [-0.15, -0.1) is 0 Å². The molecule has 0 aliphatic heterocycles. The fraction of sp³-hybridized carbons (Fsp3) is 0.333. The second-order valence-electron chi connectivity index (χ2n) is 3.77. The Bertz CT molecular complexity index is 391. The van der Waals surface area contributed by atoms with E-state index in [1.165, 1.54) is 6.92 Å². The molecule has 0 spiro atoms. The van der Waals surface area contributed by atoms with Crippen LogP contribution < -0.4 is 5.32 Å². The van der Waals surface area contributed by atoms with Gasteiger partial charge >= 0.3 is 5.97 Å². The molecule has 5 nitrogen and oxygen atoms in total. The van der Waals surface area contributed by atoms with E-state index in [9.17, 15) is 14.7 Å². The van der Waals surface area contributed by atoms with Gasteiger partial charge in [-0.3, -0.25) is 9.59 Å². The van der Waals surface area contributed by atoms with E-state index in [4.69, 9.17) is 5.11 Å². The number of aliphatic hydroxyl groups is 1. The van der Waals surface area contributed by atoms with Crippen LogP contribution in [0.5, 0.6) is 0 Å². The Morgan fingerprint density at radius 3 is 2.41 bits per heavy atom. The molecule has 0 saturated heterocycles. The van der Waals surface area contributed by atoms with E-state index in [2.05, 4.69) is 5.32 Å². The summed E-state index contributed by atoms with van der Waals surface area (Å²) in [5.41, 5.74) is 0.818. The Morgan fingerprint density at radius 1 is 1.29 bits per heavy atom.